The Labute approximate surface area is 498 Å². The molecule has 17 aromatic rings. The van der Waals surface area contributed by atoms with Gasteiger partial charge in [0, 0.05) is 39.8 Å². The third-order valence-electron chi connectivity index (χ3n) is 19.3. The molecule has 2 unspecified atom stereocenters. The summed E-state index contributed by atoms with van der Waals surface area (Å²) in [5.74, 6) is 1.20. The van der Waals surface area contributed by atoms with Gasteiger partial charge in [-0.2, -0.15) is 0 Å². The molecule has 2 aliphatic heterocycles. The number of benzene rings is 15. The maximum atomic E-state index is 5.79. The molecule has 6 nitrogen and oxygen atoms in total. The molecular weight excluding hydrogens is 1060 g/mol. The number of aromatic nitrogens is 3. The van der Waals surface area contributed by atoms with Crippen LogP contribution in [0.4, 0.5) is 5.69 Å². The second-order valence-corrected chi connectivity index (χ2v) is 24.0. The zero-order valence-electron chi connectivity index (χ0n) is 46.9. The van der Waals surface area contributed by atoms with Crippen molar-refractivity contribution in [1.82, 2.24) is 14.5 Å². The van der Waals surface area contributed by atoms with Crippen LogP contribution in [0.5, 0.6) is 0 Å². The van der Waals surface area contributed by atoms with Crippen molar-refractivity contribution in [2.75, 3.05) is 4.90 Å². The van der Waals surface area contributed by atoms with E-state index in [0.29, 0.717) is 18.3 Å². The van der Waals surface area contributed by atoms with Crippen LogP contribution in [-0.4, -0.2) is 32.2 Å². The summed E-state index contributed by atoms with van der Waals surface area (Å²) >= 11 is 0. The molecule has 0 spiro atoms. The number of hydrogen-bond donors (Lipinski definition) is 0. The Hall–Kier alpha value is -11.3. The predicted octanol–water partition coefficient (Wildman–Crippen LogP) is 20.3. The molecule has 87 heavy (non-hydrogen) atoms. The Morgan fingerprint density at radius 1 is 0.368 bits per heavy atom. The third kappa shape index (κ3) is 6.81. The van der Waals surface area contributed by atoms with Gasteiger partial charge in [-0.15, -0.1) is 0 Å². The van der Waals surface area contributed by atoms with Crippen LogP contribution < -0.4 is 4.90 Å². The second kappa shape index (κ2) is 17.6. The first-order valence-corrected chi connectivity index (χ1v) is 30.1. The van der Waals surface area contributed by atoms with E-state index in [-0.39, 0.29) is 12.0 Å². The number of rotatable bonds is 5. The maximum absolute atomic E-state index is 5.79. The summed E-state index contributed by atoms with van der Waals surface area (Å²) in [5, 5.41) is 24.7. The summed E-state index contributed by atoms with van der Waals surface area (Å²) in [7, 11) is 0. The Kier molecular flexibility index (Phi) is 9.53. The number of nitrogens with zero attached hydrogens (tertiary/aromatic N) is 6. The van der Waals surface area contributed by atoms with Crippen molar-refractivity contribution in [3.8, 4) is 28.5 Å². The average molecular weight is 1110 g/mol. The van der Waals surface area contributed by atoms with Crippen LogP contribution >= 0.6 is 0 Å². The van der Waals surface area contributed by atoms with Gasteiger partial charge < -0.3 is 4.90 Å². The number of allylic oxidation sites excluding steroid dienone is 3. The molecule has 3 aliphatic rings. The summed E-state index contributed by atoms with van der Waals surface area (Å²) in [4.78, 5) is 25.4. The fourth-order valence-electron chi connectivity index (χ4n) is 15.5. The maximum Gasteiger partial charge on any atom is 0.235 e. The van der Waals surface area contributed by atoms with Crippen molar-refractivity contribution in [2.45, 2.75) is 18.4 Å². The van der Waals surface area contributed by atoms with E-state index in [0.717, 1.165) is 72.5 Å². The molecule has 1 aliphatic carbocycles. The van der Waals surface area contributed by atoms with Gasteiger partial charge in [0.05, 0.1) is 45.6 Å². The number of hydrogen-bond acceptors (Lipinski definition) is 5. The van der Waals surface area contributed by atoms with E-state index in [4.69, 9.17) is 20.0 Å². The van der Waals surface area contributed by atoms with Crippen molar-refractivity contribution in [3.05, 3.63) is 284 Å². The van der Waals surface area contributed by atoms with Gasteiger partial charge in [-0.05, 0) is 163 Å². The molecule has 0 bridgehead atoms. The quantitative estimate of drug-likeness (QED) is 0.161. The summed E-state index contributed by atoms with van der Waals surface area (Å²) in [6.45, 7) is 0. The van der Waals surface area contributed by atoms with Crippen LogP contribution in [0.2, 0.25) is 0 Å². The highest BCUT2D eigenvalue weighted by molar-refractivity contribution is 6.27. The molecule has 0 amide bonds. The number of aliphatic imine (C=N–C) groups is 2. The molecule has 15 aromatic carbocycles. The van der Waals surface area contributed by atoms with Gasteiger partial charge in [-0.25, -0.2) is 20.0 Å². The van der Waals surface area contributed by atoms with E-state index in [1.807, 2.05) is 0 Å². The van der Waals surface area contributed by atoms with Gasteiger partial charge in [0.15, 0.2) is 0 Å². The minimum absolute atomic E-state index is 0.0638. The minimum Gasteiger partial charge on any atom is -0.302 e. The lowest BCUT2D eigenvalue weighted by Gasteiger charge is -2.27. The average Bonchev–Trinajstić information content (AvgIpc) is 1.70. The molecule has 0 fully saturated rings. The molecule has 402 valence electrons. The topological polar surface area (TPSA) is 58.7 Å². The normalized spacial score (nSPS) is 16.1. The first kappa shape index (κ1) is 47.1. The molecular formula is C81H48N6. The van der Waals surface area contributed by atoms with E-state index in [1.54, 1.807) is 0 Å². The van der Waals surface area contributed by atoms with Crippen LogP contribution in [-0.2, 0) is 0 Å². The molecule has 2 atom stereocenters. The SMILES string of the molecule is C1=CC2c3c(ccc4c5ccccc5n(-c5nc(-c6cc7ccc8cccc9ccc(c6)c7c89)cc(-c6cc7ccc8cccc9ccc(c6)c7c89)n5)c34)N(C3=NC(c4ccccc4)=CCC(c4cc5ccc6cccc7ccc(c4)c5c67)=N3)C2C=C1. The zero-order chi connectivity index (χ0) is 56.6. The summed E-state index contributed by atoms with van der Waals surface area (Å²) in [6, 6.07) is 87.0. The van der Waals surface area contributed by atoms with Crippen molar-refractivity contribution in [1.29, 1.82) is 0 Å². The molecule has 2 aromatic heterocycles. The fourth-order valence-corrected chi connectivity index (χ4v) is 15.5. The molecule has 0 saturated heterocycles. The van der Waals surface area contributed by atoms with Crippen LogP contribution in [0.3, 0.4) is 0 Å². The Balaban J connectivity index is 0.825. The molecule has 0 radical (unpaired) electrons. The monoisotopic (exact) mass is 1100 g/mol. The van der Waals surface area contributed by atoms with Crippen molar-refractivity contribution in [2.24, 2.45) is 9.98 Å². The fraction of sp³-hybridized carbons (Fsp3) is 0.0370. The summed E-state index contributed by atoms with van der Waals surface area (Å²) in [6.07, 6.45) is 12.0. The Morgan fingerprint density at radius 2 is 0.839 bits per heavy atom. The number of fused-ring (bicyclic) bond motifs is 7. The zero-order valence-corrected chi connectivity index (χ0v) is 46.9. The third-order valence-corrected chi connectivity index (χ3v) is 19.3. The van der Waals surface area contributed by atoms with E-state index < -0.39 is 0 Å². The van der Waals surface area contributed by atoms with Gasteiger partial charge in [-0.1, -0.05) is 212 Å². The minimum atomic E-state index is -0.132. The predicted molar refractivity (Wildman–Crippen MR) is 365 cm³/mol. The standard InChI is InChI=1S/C81H48N6/c1-2-11-46(12-3-1)65-36-37-66(59-39-53-29-23-47-13-8-14-48-24-30-54(40-59)75(53)72(47)48)83-80(82-65)86-70-22-7-5-20-64(70)78-71(86)38-35-63-62-19-4-6-21-69(62)87(79(63)78)81-84-67(60-41-55-31-25-49-15-9-16-50-26-32-56(42-60)76(55)73(49)50)45-68(85-81)61-43-57-33-27-51-17-10-18-52-28-34-58(44-61)77(57)74(51)52/h1-36,38-45,64,70H,37H2. The van der Waals surface area contributed by atoms with Gasteiger partial charge in [0.25, 0.3) is 0 Å². The first-order chi connectivity index (χ1) is 43.1. The molecule has 0 N–H and O–H groups in total. The van der Waals surface area contributed by atoms with Crippen molar-refractivity contribution >= 4 is 142 Å². The Morgan fingerprint density at radius 3 is 1.38 bits per heavy atom. The number of guanidine groups is 1. The van der Waals surface area contributed by atoms with Crippen LogP contribution in [0, 0.1) is 0 Å². The van der Waals surface area contributed by atoms with Crippen molar-refractivity contribution in [3.63, 3.8) is 0 Å². The van der Waals surface area contributed by atoms with Crippen molar-refractivity contribution < 1.29 is 0 Å². The highest BCUT2D eigenvalue weighted by Gasteiger charge is 2.42. The van der Waals surface area contributed by atoms with Crippen LogP contribution in [0.25, 0.3) is 153 Å². The lowest BCUT2D eigenvalue weighted by molar-refractivity contribution is 0.754. The van der Waals surface area contributed by atoms with E-state index in [2.05, 4.69) is 276 Å². The lowest BCUT2D eigenvalue weighted by atomic mass is 9.90. The van der Waals surface area contributed by atoms with Crippen LogP contribution in [0.15, 0.2) is 277 Å². The van der Waals surface area contributed by atoms with Gasteiger partial charge in [0.2, 0.25) is 11.9 Å². The van der Waals surface area contributed by atoms with E-state index in [9.17, 15) is 0 Å². The lowest BCUT2D eigenvalue weighted by Crippen LogP contribution is -2.37. The van der Waals surface area contributed by atoms with Gasteiger partial charge in [-0.3, -0.25) is 4.57 Å². The Bertz CT molecular complexity index is 5640. The van der Waals surface area contributed by atoms with Crippen LogP contribution in [0.1, 0.15) is 29.0 Å². The second-order valence-electron chi connectivity index (χ2n) is 24.0. The number of para-hydroxylation sites is 1. The largest absolute Gasteiger partial charge is 0.302 e. The summed E-state index contributed by atoms with van der Waals surface area (Å²) in [5.41, 5.74) is 12.1. The smallest absolute Gasteiger partial charge is 0.235 e. The molecule has 4 heterocycles. The molecule has 0 saturated carbocycles. The van der Waals surface area contributed by atoms with Gasteiger partial charge in [0.1, 0.15) is 0 Å². The highest BCUT2D eigenvalue weighted by Crippen LogP contribution is 2.51. The highest BCUT2D eigenvalue weighted by atomic mass is 15.3. The first-order valence-electron chi connectivity index (χ1n) is 30.1. The number of anilines is 1. The molecule has 6 heteroatoms. The summed E-state index contributed by atoms with van der Waals surface area (Å²) < 4.78 is 2.36. The van der Waals surface area contributed by atoms with E-state index in [1.165, 1.54) is 103 Å². The van der Waals surface area contributed by atoms with E-state index >= 15 is 0 Å². The van der Waals surface area contributed by atoms with Gasteiger partial charge >= 0.3 is 0 Å². The molecule has 20 rings (SSSR count).